The third-order valence-electron chi connectivity index (χ3n) is 3.64. The summed E-state index contributed by atoms with van der Waals surface area (Å²) in [5, 5.41) is 0. The molecule has 1 aliphatic carbocycles. The van der Waals surface area contributed by atoms with Crippen molar-refractivity contribution >= 4 is 0 Å². The zero-order chi connectivity index (χ0) is 9.15. The topological polar surface area (TPSA) is 35.2 Å². The second-order valence-corrected chi connectivity index (χ2v) is 4.83. The maximum absolute atomic E-state index is 6.35. The summed E-state index contributed by atoms with van der Waals surface area (Å²) < 4.78 is 5.36. The minimum atomic E-state index is 0.196. The lowest BCUT2D eigenvalue weighted by Gasteiger charge is -2.31. The molecule has 0 unspecified atom stereocenters. The summed E-state index contributed by atoms with van der Waals surface area (Å²) in [4.78, 5) is 0. The normalized spacial score (nSPS) is 29.3. The molecular formula is C11H21NO. The van der Waals surface area contributed by atoms with Gasteiger partial charge in [0.2, 0.25) is 0 Å². The van der Waals surface area contributed by atoms with Crippen molar-refractivity contribution in [2.45, 2.75) is 50.5 Å². The Morgan fingerprint density at radius 2 is 1.77 bits per heavy atom. The Morgan fingerprint density at radius 3 is 2.38 bits per heavy atom. The summed E-state index contributed by atoms with van der Waals surface area (Å²) in [7, 11) is 0. The number of hydrogen-bond donors (Lipinski definition) is 1. The van der Waals surface area contributed by atoms with Gasteiger partial charge in [0.25, 0.3) is 0 Å². The van der Waals surface area contributed by atoms with Crippen LogP contribution in [0, 0.1) is 5.92 Å². The van der Waals surface area contributed by atoms with Gasteiger partial charge in [-0.25, -0.2) is 0 Å². The van der Waals surface area contributed by atoms with Gasteiger partial charge >= 0.3 is 0 Å². The first kappa shape index (κ1) is 9.47. The molecule has 0 aromatic rings. The highest BCUT2D eigenvalue weighted by atomic mass is 16.5. The summed E-state index contributed by atoms with van der Waals surface area (Å²) in [5.74, 6) is 0.844. The molecule has 13 heavy (non-hydrogen) atoms. The second-order valence-electron chi connectivity index (χ2n) is 4.83. The highest BCUT2D eigenvalue weighted by Crippen LogP contribution is 2.35. The van der Waals surface area contributed by atoms with Gasteiger partial charge in [0, 0.05) is 18.8 Å². The van der Waals surface area contributed by atoms with Gasteiger partial charge in [-0.05, 0) is 38.0 Å². The molecule has 0 aromatic carbocycles. The number of nitrogens with two attached hydrogens (primary N) is 1. The van der Waals surface area contributed by atoms with E-state index in [0.717, 1.165) is 19.1 Å². The quantitative estimate of drug-likeness (QED) is 0.711. The molecule has 1 saturated carbocycles. The Labute approximate surface area is 80.8 Å². The Kier molecular flexibility index (Phi) is 2.89. The van der Waals surface area contributed by atoms with Gasteiger partial charge in [0.05, 0.1) is 0 Å². The van der Waals surface area contributed by atoms with Gasteiger partial charge in [-0.3, -0.25) is 0 Å². The van der Waals surface area contributed by atoms with Gasteiger partial charge in [0.1, 0.15) is 0 Å². The summed E-state index contributed by atoms with van der Waals surface area (Å²) in [6.45, 7) is 1.92. The summed E-state index contributed by atoms with van der Waals surface area (Å²) in [6.07, 6.45) is 8.92. The average Bonchev–Trinajstić information content (AvgIpc) is 2.54. The van der Waals surface area contributed by atoms with E-state index in [1.54, 1.807) is 0 Å². The smallest absolute Gasteiger partial charge is 0.0468 e. The van der Waals surface area contributed by atoms with Gasteiger partial charge in [-0.15, -0.1) is 0 Å². The van der Waals surface area contributed by atoms with Gasteiger partial charge in [-0.2, -0.15) is 0 Å². The molecular weight excluding hydrogens is 162 g/mol. The summed E-state index contributed by atoms with van der Waals surface area (Å²) in [5.41, 5.74) is 6.55. The molecule has 0 amide bonds. The molecule has 2 nitrogen and oxygen atoms in total. The minimum absolute atomic E-state index is 0.196. The van der Waals surface area contributed by atoms with Crippen LogP contribution in [0.15, 0.2) is 0 Å². The molecule has 2 aliphatic rings. The van der Waals surface area contributed by atoms with Gasteiger partial charge < -0.3 is 10.5 Å². The molecule has 0 atom stereocenters. The van der Waals surface area contributed by atoms with E-state index in [9.17, 15) is 0 Å². The standard InChI is InChI=1S/C11H21NO/c12-11(5-1-2-6-11)9-10-3-7-13-8-4-10/h10H,1-9,12H2. The van der Waals surface area contributed by atoms with Crippen LogP contribution in [0.1, 0.15) is 44.9 Å². The number of hydrogen-bond acceptors (Lipinski definition) is 2. The first-order valence-corrected chi connectivity index (χ1v) is 5.65. The molecule has 1 aliphatic heterocycles. The Bertz CT molecular complexity index is 157. The van der Waals surface area contributed by atoms with Crippen LogP contribution in [0.3, 0.4) is 0 Å². The fourth-order valence-electron chi connectivity index (χ4n) is 2.81. The number of rotatable bonds is 2. The van der Waals surface area contributed by atoms with E-state index >= 15 is 0 Å². The van der Waals surface area contributed by atoms with E-state index in [-0.39, 0.29) is 5.54 Å². The van der Waals surface area contributed by atoms with Crippen LogP contribution in [0.4, 0.5) is 0 Å². The SMILES string of the molecule is NC1(CC2CCOCC2)CCCC1. The number of ether oxygens (including phenoxy) is 1. The van der Waals surface area contributed by atoms with Crippen LogP contribution in [0.2, 0.25) is 0 Å². The highest BCUT2D eigenvalue weighted by Gasteiger charge is 2.32. The molecule has 2 rings (SSSR count). The lowest BCUT2D eigenvalue weighted by molar-refractivity contribution is 0.0564. The van der Waals surface area contributed by atoms with E-state index in [4.69, 9.17) is 10.5 Å². The predicted octanol–water partition coefficient (Wildman–Crippen LogP) is 2.07. The fraction of sp³-hybridized carbons (Fsp3) is 1.00. The molecule has 0 bridgehead atoms. The second kappa shape index (κ2) is 3.97. The molecule has 2 fully saturated rings. The van der Waals surface area contributed by atoms with Crippen molar-refractivity contribution in [3.05, 3.63) is 0 Å². The fourth-order valence-corrected chi connectivity index (χ4v) is 2.81. The minimum Gasteiger partial charge on any atom is -0.381 e. The zero-order valence-electron chi connectivity index (χ0n) is 8.43. The van der Waals surface area contributed by atoms with Crippen molar-refractivity contribution in [2.75, 3.05) is 13.2 Å². The first-order chi connectivity index (χ1) is 6.29. The zero-order valence-corrected chi connectivity index (χ0v) is 8.43. The molecule has 1 saturated heterocycles. The molecule has 1 heterocycles. The molecule has 2 heteroatoms. The van der Waals surface area contributed by atoms with Crippen molar-refractivity contribution in [3.8, 4) is 0 Å². The van der Waals surface area contributed by atoms with Crippen LogP contribution in [-0.4, -0.2) is 18.8 Å². The molecule has 0 aromatic heterocycles. The maximum atomic E-state index is 6.35. The van der Waals surface area contributed by atoms with Crippen LogP contribution in [0.25, 0.3) is 0 Å². The van der Waals surface area contributed by atoms with Crippen molar-refractivity contribution in [3.63, 3.8) is 0 Å². The van der Waals surface area contributed by atoms with Crippen LogP contribution in [0.5, 0.6) is 0 Å². The largest absolute Gasteiger partial charge is 0.381 e. The monoisotopic (exact) mass is 183 g/mol. The summed E-state index contributed by atoms with van der Waals surface area (Å²) in [6, 6.07) is 0. The lowest BCUT2D eigenvalue weighted by Crippen LogP contribution is -2.39. The Hall–Kier alpha value is -0.0800. The molecule has 0 radical (unpaired) electrons. The molecule has 76 valence electrons. The third-order valence-corrected chi connectivity index (χ3v) is 3.64. The van der Waals surface area contributed by atoms with Crippen molar-refractivity contribution in [2.24, 2.45) is 11.7 Å². The third kappa shape index (κ3) is 2.44. The van der Waals surface area contributed by atoms with Crippen LogP contribution >= 0.6 is 0 Å². The van der Waals surface area contributed by atoms with Crippen molar-refractivity contribution in [1.82, 2.24) is 0 Å². The van der Waals surface area contributed by atoms with E-state index in [0.29, 0.717) is 0 Å². The van der Waals surface area contributed by atoms with Crippen molar-refractivity contribution < 1.29 is 4.74 Å². The Morgan fingerprint density at radius 1 is 1.15 bits per heavy atom. The molecule has 2 N–H and O–H groups in total. The highest BCUT2D eigenvalue weighted by molar-refractivity contribution is 4.91. The van der Waals surface area contributed by atoms with Crippen LogP contribution in [-0.2, 0) is 4.74 Å². The average molecular weight is 183 g/mol. The summed E-state index contributed by atoms with van der Waals surface area (Å²) >= 11 is 0. The van der Waals surface area contributed by atoms with E-state index in [2.05, 4.69) is 0 Å². The first-order valence-electron chi connectivity index (χ1n) is 5.65. The van der Waals surface area contributed by atoms with E-state index < -0.39 is 0 Å². The maximum Gasteiger partial charge on any atom is 0.0468 e. The van der Waals surface area contributed by atoms with E-state index in [1.807, 2.05) is 0 Å². The lowest BCUT2D eigenvalue weighted by atomic mass is 9.83. The van der Waals surface area contributed by atoms with E-state index in [1.165, 1.54) is 44.9 Å². The predicted molar refractivity (Wildman–Crippen MR) is 53.5 cm³/mol. The van der Waals surface area contributed by atoms with Crippen molar-refractivity contribution in [1.29, 1.82) is 0 Å². The van der Waals surface area contributed by atoms with Gasteiger partial charge in [-0.1, -0.05) is 12.8 Å². The Balaban J connectivity index is 1.81. The molecule has 0 spiro atoms. The van der Waals surface area contributed by atoms with Crippen LogP contribution < -0.4 is 5.73 Å². The van der Waals surface area contributed by atoms with Gasteiger partial charge in [0.15, 0.2) is 0 Å².